The fraction of sp³-hybridized carbons (Fsp3) is 0.233. The van der Waals surface area contributed by atoms with Crippen LogP contribution in [-0.2, 0) is 9.59 Å². The average molecular weight is 497 g/mol. The van der Waals surface area contributed by atoms with E-state index in [0.29, 0.717) is 23.7 Å². The van der Waals surface area contributed by atoms with Crippen LogP contribution in [0.1, 0.15) is 31.2 Å². The minimum Gasteiger partial charge on any atom is -0.333 e. The molecule has 3 aromatic carbocycles. The van der Waals surface area contributed by atoms with E-state index in [9.17, 15) is 14.0 Å². The first kappa shape index (κ1) is 24.4. The Balaban J connectivity index is 1.34. The van der Waals surface area contributed by atoms with E-state index in [2.05, 4.69) is 22.5 Å². The van der Waals surface area contributed by atoms with E-state index in [1.807, 2.05) is 55.5 Å². The highest BCUT2D eigenvalue weighted by molar-refractivity contribution is 5.95. The van der Waals surface area contributed by atoms with Gasteiger partial charge in [0, 0.05) is 24.1 Å². The molecular formula is C30H29FN4O2. The first-order chi connectivity index (χ1) is 18.0. The molecule has 2 amide bonds. The Kier molecular flexibility index (Phi) is 7.12. The Labute approximate surface area is 215 Å². The number of rotatable bonds is 9. The molecule has 2 atom stereocenters. The number of benzene rings is 3. The van der Waals surface area contributed by atoms with Crippen LogP contribution in [0.5, 0.6) is 0 Å². The fourth-order valence-electron chi connectivity index (χ4n) is 4.66. The topological polar surface area (TPSA) is 67.2 Å². The smallest absolute Gasteiger partial charge is 0.245 e. The van der Waals surface area contributed by atoms with Crippen LogP contribution < -0.4 is 5.32 Å². The van der Waals surface area contributed by atoms with Crippen LogP contribution in [0, 0.1) is 11.7 Å². The highest BCUT2D eigenvalue weighted by Crippen LogP contribution is 2.48. The summed E-state index contributed by atoms with van der Waals surface area (Å²) in [6, 6.07) is 27.4. The molecule has 1 aromatic heterocycles. The van der Waals surface area contributed by atoms with Crippen LogP contribution in [0.2, 0.25) is 0 Å². The van der Waals surface area contributed by atoms with Gasteiger partial charge in [-0.3, -0.25) is 9.59 Å². The third-order valence-electron chi connectivity index (χ3n) is 6.59. The van der Waals surface area contributed by atoms with Crippen molar-refractivity contribution in [3.05, 3.63) is 102 Å². The number of aromatic nitrogens is 2. The molecular weight excluding hydrogens is 467 g/mol. The third kappa shape index (κ3) is 5.61. The summed E-state index contributed by atoms with van der Waals surface area (Å²) in [5.74, 6) is -0.0644. The van der Waals surface area contributed by atoms with Gasteiger partial charge in [0.1, 0.15) is 11.6 Å². The zero-order valence-corrected chi connectivity index (χ0v) is 20.7. The number of hydrogen-bond donors (Lipinski definition) is 1. The minimum absolute atomic E-state index is 0.0165. The van der Waals surface area contributed by atoms with Crippen LogP contribution in [0.4, 0.5) is 10.2 Å². The first-order valence-electron chi connectivity index (χ1n) is 12.6. The predicted octanol–water partition coefficient (Wildman–Crippen LogP) is 5.66. The zero-order chi connectivity index (χ0) is 25.8. The summed E-state index contributed by atoms with van der Waals surface area (Å²) in [6.07, 6.45) is 1.57. The Morgan fingerprint density at radius 3 is 2.35 bits per heavy atom. The fourth-order valence-corrected chi connectivity index (χ4v) is 4.66. The van der Waals surface area contributed by atoms with Crippen molar-refractivity contribution in [1.82, 2.24) is 14.7 Å². The second-order valence-electron chi connectivity index (χ2n) is 9.34. The molecule has 37 heavy (non-hydrogen) atoms. The van der Waals surface area contributed by atoms with Crippen molar-refractivity contribution in [3.63, 3.8) is 0 Å². The van der Waals surface area contributed by atoms with Crippen LogP contribution >= 0.6 is 0 Å². The highest BCUT2D eigenvalue weighted by atomic mass is 19.1. The molecule has 0 saturated heterocycles. The number of carbonyl (C=O) groups excluding carboxylic acids is 2. The quantitative estimate of drug-likeness (QED) is 0.325. The van der Waals surface area contributed by atoms with Crippen LogP contribution in [0.3, 0.4) is 0 Å². The predicted molar refractivity (Wildman–Crippen MR) is 142 cm³/mol. The molecule has 7 heteroatoms. The van der Waals surface area contributed by atoms with Gasteiger partial charge in [-0.1, -0.05) is 67.6 Å². The molecule has 0 bridgehead atoms. The highest BCUT2D eigenvalue weighted by Gasteiger charge is 2.45. The summed E-state index contributed by atoms with van der Waals surface area (Å²) in [4.78, 5) is 28.1. The molecule has 1 aliphatic rings. The summed E-state index contributed by atoms with van der Waals surface area (Å²) in [5, 5.41) is 7.60. The van der Waals surface area contributed by atoms with Gasteiger partial charge in [-0.25, -0.2) is 9.07 Å². The summed E-state index contributed by atoms with van der Waals surface area (Å²) in [7, 11) is 0. The van der Waals surface area contributed by atoms with E-state index in [0.717, 1.165) is 18.4 Å². The molecule has 5 rings (SSSR count). The summed E-state index contributed by atoms with van der Waals surface area (Å²) < 4.78 is 15.1. The van der Waals surface area contributed by atoms with Crippen molar-refractivity contribution >= 4 is 17.6 Å². The Bertz CT molecular complexity index is 1370. The molecule has 4 aromatic rings. The van der Waals surface area contributed by atoms with Gasteiger partial charge >= 0.3 is 0 Å². The standard InChI is InChI=1S/C30H29FN4O2/c1-2-17-34(30(37)26-18-25(26)21-9-5-3-6-10-21)20-29(36)32-28-19-27(22-11-7-4-8-12-22)33-35(28)24-15-13-23(31)14-16-24/h3-16,19,25-26H,2,17-18,20H2,1H3,(H,32,36)/t25-,26+/m1/s1. The summed E-state index contributed by atoms with van der Waals surface area (Å²) in [6.45, 7) is 2.46. The van der Waals surface area contributed by atoms with E-state index < -0.39 is 0 Å². The second kappa shape index (κ2) is 10.8. The molecule has 1 fully saturated rings. The van der Waals surface area contributed by atoms with E-state index in [1.165, 1.54) is 17.7 Å². The molecule has 1 N–H and O–H groups in total. The largest absolute Gasteiger partial charge is 0.333 e. The van der Waals surface area contributed by atoms with Crippen LogP contribution in [0.25, 0.3) is 16.9 Å². The minimum atomic E-state index is -0.354. The molecule has 1 aliphatic carbocycles. The molecule has 0 spiro atoms. The maximum atomic E-state index is 13.5. The molecule has 188 valence electrons. The van der Waals surface area contributed by atoms with E-state index in [1.54, 1.807) is 27.8 Å². The van der Waals surface area contributed by atoms with E-state index >= 15 is 0 Å². The normalized spacial score (nSPS) is 16.3. The molecule has 6 nitrogen and oxygen atoms in total. The molecule has 1 saturated carbocycles. The van der Waals surface area contributed by atoms with Gasteiger partial charge in [0.2, 0.25) is 11.8 Å². The lowest BCUT2D eigenvalue weighted by Gasteiger charge is -2.22. The Hall–Kier alpha value is -4.26. The number of hydrogen-bond acceptors (Lipinski definition) is 3. The average Bonchev–Trinajstić information content (AvgIpc) is 3.62. The van der Waals surface area contributed by atoms with Crippen molar-refractivity contribution in [2.75, 3.05) is 18.4 Å². The van der Waals surface area contributed by atoms with Gasteiger partial charge in [0.05, 0.1) is 17.9 Å². The lowest BCUT2D eigenvalue weighted by Crippen LogP contribution is -2.39. The maximum Gasteiger partial charge on any atom is 0.245 e. The van der Waals surface area contributed by atoms with Crippen molar-refractivity contribution in [2.24, 2.45) is 5.92 Å². The number of amides is 2. The first-order valence-corrected chi connectivity index (χ1v) is 12.6. The summed E-state index contributed by atoms with van der Waals surface area (Å²) >= 11 is 0. The van der Waals surface area contributed by atoms with E-state index in [-0.39, 0.29) is 36.0 Å². The van der Waals surface area contributed by atoms with E-state index in [4.69, 9.17) is 0 Å². The van der Waals surface area contributed by atoms with Crippen LogP contribution in [0.15, 0.2) is 91.0 Å². The number of halogens is 1. The van der Waals surface area contributed by atoms with Gasteiger partial charge in [-0.2, -0.15) is 5.10 Å². The van der Waals surface area contributed by atoms with Gasteiger partial charge in [-0.15, -0.1) is 0 Å². The number of anilines is 1. The lowest BCUT2D eigenvalue weighted by molar-refractivity contribution is -0.136. The number of carbonyl (C=O) groups is 2. The molecule has 0 unspecified atom stereocenters. The maximum absolute atomic E-state index is 13.5. The van der Waals surface area contributed by atoms with Gasteiger partial charge < -0.3 is 10.2 Å². The lowest BCUT2D eigenvalue weighted by atomic mass is 10.1. The third-order valence-corrected chi connectivity index (χ3v) is 6.59. The molecule has 1 heterocycles. The Morgan fingerprint density at radius 1 is 1.00 bits per heavy atom. The summed E-state index contributed by atoms with van der Waals surface area (Å²) in [5.41, 5.74) is 3.34. The zero-order valence-electron chi connectivity index (χ0n) is 20.7. The second-order valence-corrected chi connectivity index (χ2v) is 9.34. The van der Waals surface area contributed by atoms with Crippen molar-refractivity contribution in [1.29, 1.82) is 0 Å². The SMILES string of the molecule is CCCN(CC(=O)Nc1cc(-c2ccccc2)nn1-c1ccc(F)cc1)C(=O)[C@H]1C[C@@H]1c1ccccc1. The van der Waals surface area contributed by atoms with Crippen molar-refractivity contribution < 1.29 is 14.0 Å². The molecule has 0 radical (unpaired) electrons. The van der Waals surface area contributed by atoms with Gasteiger partial charge in [0.25, 0.3) is 0 Å². The van der Waals surface area contributed by atoms with Crippen molar-refractivity contribution in [2.45, 2.75) is 25.7 Å². The van der Waals surface area contributed by atoms with Gasteiger partial charge in [0.15, 0.2) is 0 Å². The monoisotopic (exact) mass is 496 g/mol. The Morgan fingerprint density at radius 2 is 1.68 bits per heavy atom. The number of nitrogens with one attached hydrogen (secondary N) is 1. The molecule has 0 aliphatic heterocycles. The number of nitrogens with zero attached hydrogens (tertiary/aromatic N) is 3. The van der Waals surface area contributed by atoms with Crippen LogP contribution in [-0.4, -0.2) is 39.6 Å². The van der Waals surface area contributed by atoms with Crippen molar-refractivity contribution in [3.8, 4) is 16.9 Å². The van der Waals surface area contributed by atoms with Gasteiger partial charge in [-0.05, 0) is 48.6 Å².